The molecule has 1 aromatic heterocycles. The molecule has 38 heavy (non-hydrogen) atoms. The van der Waals surface area contributed by atoms with Crippen molar-refractivity contribution < 1.29 is 19.4 Å². The summed E-state index contributed by atoms with van der Waals surface area (Å²) in [6.45, 7) is 3.85. The molecule has 3 aromatic carbocycles. The molecule has 5 rings (SSSR count). The Labute approximate surface area is 222 Å². The molecule has 7 nitrogen and oxygen atoms in total. The van der Waals surface area contributed by atoms with Crippen LogP contribution in [-0.4, -0.2) is 26.8 Å². The van der Waals surface area contributed by atoms with Crippen molar-refractivity contribution in [3.8, 4) is 17.0 Å². The average molecular weight is 512 g/mol. The lowest BCUT2D eigenvalue weighted by atomic mass is 9.98. The van der Waals surface area contributed by atoms with Crippen LogP contribution in [0.1, 0.15) is 69.0 Å². The molecule has 0 saturated heterocycles. The van der Waals surface area contributed by atoms with Gasteiger partial charge in [-0.2, -0.15) is 5.10 Å². The molecular formula is C31H33N3O4. The predicted molar refractivity (Wildman–Crippen MR) is 148 cm³/mol. The first-order valence-electron chi connectivity index (χ1n) is 13.2. The summed E-state index contributed by atoms with van der Waals surface area (Å²) in [7, 11) is 0. The van der Waals surface area contributed by atoms with Crippen LogP contribution in [-0.2, 0) is 16.2 Å². The standard InChI is InChI=1S/C31H33N3O4/c1-20(17-30(36)37)23-10-14-27(15-11-23)38-19-22-7-16-28-29(18-22)34(26-5-3-4-6-26)33-31(28)24-8-12-25(13-9-24)32-21(2)35/h7-16,18,20,26H,3-6,17,19H2,1-2H3,(H,32,35)(H,36,37). The summed E-state index contributed by atoms with van der Waals surface area (Å²) in [6.07, 6.45) is 4.81. The summed E-state index contributed by atoms with van der Waals surface area (Å²) in [5, 5.41) is 18.0. The molecule has 1 atom stereocenters. The van der Waals surface area contributed by atoms with Crippen LogP contribution in [0.25, 0.3) is 22.2 Å². The highest BCUT2D eigenvalue weighted by atomic mass is 16.5. The van der Waals surface area contributed by atoms with Crippen LogP contribution in [0.3, 0.4) is 0 Å². The van der Waals surface area contributed by atoms with Crippen LogP contribution in [0.2, 0.25) is 0 Å². The van der Waals surface area contributed by atoms with E-state index in [1.54, 1.807) is 0 Å². The van der Waals surface area contributed by atoms with Gasteiger partial charge in [0.25, 0.3) is 0 Å². The summed E-state index contributed by atoms with van der Waals surface area (Å²) >= 11 is 0. The van der Waals surface area contributed by atoms with Gasteiger partial charge in [0.2, 0.25) is 5.91 Å². The zero-order valence-corrected chi connectivity index (χ0v) is 21.8. The molecule has 1 heterocycles. The zero-order chi connectivity index (χ0) is 26.6. The van der Waals surface area contributed by atoms with Crippen LogP contribution in [0.15, 0.2) is 66.7 Å². The van der Waals surface area contributed by atoms with E-state index in [0.717, 1.165) is 57.6 Å². The number of amides is 1. The summed E-state index contributed by atoms with van der Waals surface area (Å²) in [6, 6.07) is 22.3. The Morgan fingerprint density at radius 1 is 1.05 bits per heavy atom. The Morgan fingerprint density at radius 2 is 1.76 bits per heavy atom. The Balaban J connectivity index is 1.38. The average Bonchev–Trinajstić information content (AvgIpc) is 3.55. The number of aliphatic carboxylic acids is 1. The molecule has 1 fully saturated rings. The Morgan fingerprint density at radius 3 is 2.42 bits per heavy atom. The highest BCUT2D eigenvalue weighted by Crippen LogP contribution is 2.36. The fourth-order valence-electron chi connectivity index (χ4n) is 5.27. The third kappa shape index (κ3) is 5.72. The molecule has 1 amide bonds. The van der Waals surface area contributed by atoms with Gasteiger partial charge in [-0.15, -0.1) is 0 Å². The summed E-state index contributed by atoms with van der Waals surface area (Å²) in [5.41, 5.74) is 5.88. The number of carboxylic acids is 1. The van der Waals surface area contributed by atoms with Crippen molar-refractivity contribution in [2.24, 2.45) is 0 Å². The number of aromatic nitrogens is 2. The molecular weight excluding hydrogens is 478 g/mol. The van der Waals surface area contributed by atoms with E-state index >= 15 is 0 Å². The number of fused-ring (bicyclic) bond motifs is 1. The van der Waals surface area contributed by atoms with Crippen molar-refractivity contribution in [2.45, 2.75) is 64.5 Å². The van der Waals surface area contributed by atoms with E-state index in [1.807, 2.05) is 55.5 Å². The maximum absolute atomic E-state index is 11.4. The summed E-state index contributed by atoms with van der Waals surface area (Å²) < 4.78 is 8.27. The van der Waals surface area contributed by atoms with Gasteiger partial charge in [0, 0.05) is 23.6 Å². The number of carbonyl (C=O) groups is 2. The molecule has 1 unspecified atom stereocenters. The van der Waals surface area contributed by atoms with E-state index in [9.17, 15) is 9.59 Å². The first-order valence-corrected chi connectivity index (χ1v) is 13.2. The zero-order valence-electron chi connectivity index (χ0n) is 21.8. The van der Waals surface area contributed by atoms with E-state index in [1.165, 1.54) is 19.8 Å². The summed E-state index contributed by atoms with van der Waals surface area (Å²) in [4.78, 5) is 22.4. The van der Waals surface area contributed by atoms with Crippen molar-refractivity contribution in [1.29, 1.82) is 0 Å². The minimum absolute atomic E-state index is 0.0457. The van der Waals surface area contributed by atoms with Crippen molar-refractivity contribution in [2.75, 3.05) is 5.32 Å². The molecule has 1 aliphatic carbocycles. The highest BCUT2D eigenvalue weighted by molar-refractivity contribution is 5.94. The number of nitrogens with zero attached hydrogens (tertiary/aromatic N) is 2. The molecule has 0 spiro atoms. The second kappa shape index (κ2) is 11.1. The van der Waals surface area contributed by atoms with Crippen molar-refractivity contribution in [1.82, 2.24) is 9.78 Å². The third-order valence-electron chi connectivity index (χ3n) is 7.26. The lowest BCUT2D eigenvalue weighted by Crippen LogP contribution is -2.07. The van der Waals surface area contributed by atoms with Gasteiger partial charge in [0.05, 0.1) is 18.0 Å². The number of carbonyl (C=O) groups excluding carboxylic acids is 1. The topological polar surface area (TPSA) is 93.5 Å². The second-order valence-corrected chi connectivity index (χ2v) is 10.2. The second-order valence-electron chi connectivity index (χ2n) is 10.2. The van der Waals surface area contributed by atoms with Crippen LogP contribution in [0.4, 0.5) is 5.69 Å². The van der Waals surface area contributed by atoms with Gasteiger partial charge in [0.1, 0.15) is 18.1 Å². The molecule has 196 valence electrons. The van der Waals surface area contributed by atoms with E-state index < -0.39 is 5.97 Å². The van der Waals surface area contributed by atoms with Gasteiger partial charge in [-0.1, -0.05) is 56.2 Å². The molecule has 2 N–H and O–H groups in total. The van der Waals surface area contributed by atoms with E-state index in [-0.39, 0.29) is 18.2 Å². The van der Waals surface area contributed by atoms with E-state index in [2.05, 4.69) is 28.2 Å². The SMILES string of the molecule is CC(=O)Nc1ccc(-c2nn(C3CCCC3)c3cc(COc4ccc(C(C)CC(=O)O)cc4)ccc23)cc1. The summed E-state index contributed by atoms with van der Waals surface area (Å²) in [5.74, 6) is -0.182. The van der Waals surface area contributed by atoms with Crippen LogP contribution < -0.4 is 10.1 Å². The van der Waals surface area contributed by atoms with Gasteiger partial charge in [-0.3, -0.25) is 14.3 Å². The van der Waals surface area contributed by atoms with Crippen LogP contribution in [0, 0.1) is 0 Å². The number of benzene rings is 3. The molecule has 0 radical (unpaired) electrons. The number of nitrogens with one attached hydrogen (secondary N) is 1. The number of anilines is 1. The molecule has 0 bridgehead atoms. The number of ether oxygens (including phenoxy) is 1. The van der Waals surface area contributed by atoms with Gasteiger partial charge in [-0.25, -0.2) is 0 Å². The van der Waals surface area contributed by atoms with Gasteiger partial charge >= 0.3 is 5.97 Å². The lowest BCUT2D eigenvalue weighted by molar-refractivity contribution is -0.137. The first kappa shape index (κ1) is 25.5. The maximum Gasteiger partial charge on any atom is 0.303 e. The molecule has 1 saturated carbocycles. The van der Waals surface area contributed by atoms with E-state index in [0.29, 0.717) is 12.6 Å². The van der Waals surface area contributed by atoms with Gasteiger partial charge < -0.3 is 15.2 Å². The fraction of sp³-hybridized carbons (Fsp3) is 0.323. The third-order valence-corrected chi connectivity index (χ3v) is 7.26. The van der Waals surface area contributed by atoms with Crippen molar-refractivity contribution in [3.05, 3.63) is 77.9 Å². The monoisotopic (exact) mass is 511 g/mol. The lowest BCUT2D eigenvalue weighted by Gasteiger charge is -2.13. The van der Waals surface area contributed by atoms with Gasteiger partial charge in [0.15, 0.2) is 0 Å². The normalized spacial score (nSPS) is 14.5. The first-order chi connectivity index (χ1) is 18.4. The Hall–Kier alpha value is -4.13. The molecule has 0 aliphatic heterocycles. The van der Waals surface area contributed by atoms with Crippen LogP contribution in [0.5, 0.6) is 5.75 Å². The smallest absolute Gasteiger partial charge is 0.303 e. The number of hydrogen-bond donors (Lipinski definition) is 2. The quantitative estimate of drug-likeness (QED) is 0.254. The van der Waals surface area contributed by atoms with Gasteiger partial charge in [-0.05, 0) is 60.2 Å². The number of carboxylic acid groups (broad SMARTS) is 1. The fourth-order valence-corrected chi connectivity index (χ4v) is 5.27. The Bertz CT molecular complexity index is 1430. The molecule has 4 aromatic rings. The minimum Gasteiger partial charge on any atom is -0.489 e. The number of hydrogen-bond acceptors (Lipinski definition) is 4. The Kier molecular flexibility index (Phi) is 7.45. The maximum atomic E-state index is 11.4. The van der Waals surface area contributed by atoms with Crippen LogP contribution >= 0.6 is 0 Å². The minimum atomic E-state index is -0.796. The number of rotatable bonds is 9. The molecule has 1 aliphatic rings. The molecule has 7 heteroatoms. The van der Waals surface area contributed by atoms with Crippen molar-refractivity contribution in [3.63, 3.8) is 0 Å². The van der Waals surface area contributed by atoms with Crippen molar-refractivity contribution >= 4 is 28.5 Å². The highest BCUT2D eigenvalue weighted by Gasteiger charge is 2.22. The largest absolute Gasteiger partial charge is 0.489 e. The van der Waals surface area contributed by atoms with E-state index in [4.69, 9.17) is 14.9 Å². The predicted octanol–water partition coefficient (Wildman–Crippen LogP) is 6.93.